The molecule has 0 fully saturated rings. The fraction of sp³-hybridized carbons (Fsp3) is 0.0476. The van der Waals surface area contributed by atoms with E-state index in [9.17, 15) is 10.1 Å². The number of halogens is 2. The van der Waals surface area contributed by atoms with E-state index in [2.05, 4.69) is 10.1 Å². The van der Waals surface area contributed by atoms with Gasteiger partial charge in [0.2, 0.25) is 11.6 Å². The lowest BCUT2D eigenvalue weighted by Crippen LogP contribution is -2.11. The van der Waals surface area contributed by atoms with E-state index in [4.69, 9.17) is 37.1 Å². The van der Waals surface area contributed by atoms with Gasteiger partial charge in [-0.25, -0.2) is 9.67 Å². The smallest absolute Gasteiger partial charge is 0.282 e. The Hall–Kier alpha value is -3.60. The number of hydrogen-bond acceptors (Lipinski definition) is 8. The molecule has 2 aromatic carbocycles. The zero-order chi connectivity index (χ0) is 22.9. The number of nitro groups is 1. The molecule has 0 atom stereocenters. The summed E-state index contributed by atoms with van der Waals surface area (Å²) in [5, 5.41) is 18.7. The third-order valence-electron chi connectivity index (χ3n) is 4.62. The standard InChI is InChI=1S/C21H12Cl2N4O5S/c22-14-4-3-13(7-15(14)23)25-21-26(17(10-33-21)18-2-1-5-30-18)24-9-12-6-19-20(32-11-31-19)8-16(12)27(28)29/h1-10H,11H2. The molecule has 4 aromatic rings. The monoisotopic (exact) mass is 502 g/mol. The van der Waals surface area contributed by atoms with Gasteiger partial charge in [0.1, 0.15) is 5.69 Å². The molecule has 3 heterocycles. The first kappa shape index (κ1) is 21.3. The van der Waals surface area contributed by atoms with E-state index in [0.29, 0.717) is 43.5 Å². The zero-order valence-corrected chi connectivity index (χ0v) is 18.8. The highest BCUT2D eigenvalue weighted by Gasteiger charge is 2.22. The summed E-state index contributed by atoms with van der Waals surface area (Å²) in [5.74, 6) is 1.28. The predicted molar refractivity (Wildman–Crippen MR) is 124 cm³/mol. The summed E-state index contributed by atoms with van der Waals surface area (Å²) in [6.45, 7) is 0.00167. The van der Waals surface area contributed by atoms with E-state index in [-0.39, 0.29) is 18.0 Å². The predicted octanol–water partition coefficient (Wildman–Crippen LogP) is 5.87. The van der Waals surface area contributed by atoms with Gasteiger partial charge in [-0.3, -0.25) is 10.1 Å². The summed E-state index contributed by atoms with van der Waals surface area (Å²) in [5.41, 5.74) is 1.26. The number of nitrogens with zero attached hydrogens (tertiary/aromatic N) is 4. The van der Waals surface area contributed by atoms with Crippen LogP contribution in [0.1, 0.15) is 5.56 Å². The molecule has 0 saturated heterocycles. The summed E-state index contributed by atoms with van der Waals surface area (Å²) >= 11 is 13.4. The Morgan fingerprint density at radius 2 is 1.94 bits per heavy atom. The molecule has 0 aliphatic carbocycles. The molecule has 0 amide bonds. The van der Waals surface area contributed by atoms with E-state index in [1.807, 2.05) is 5.38 Å². The molecule has 166 valence electrons. The van der Waals surface area contributed by atoms with Crippen molar-refractivity contribution in [1.29, 1.82) is 0 Å². The highest BCUT2D eigenvalue weighted by molar-refractivity contribution is 7.07. The van der Waals surface area contributed by atoms with Crippen LogP contribution in [0.2, 0.25) is 10.0 Å². The fourth-order valence-electron chi connectivity index (χ4n) is 3.08. The summed E-state index contributed by atoms with van der Waals surface area (Å²) in [4.78, 5) is 16.2. The minimum Gasteiger partial charge on any atom is -0.463 e. The third kappa shape index (κ3) is 4.23. The molecule has 5 rings (SSSR count). The quantitative estimate of drug-likeness (QED) is 0.193. The van der Waals surface area contributed by atoms with Crippen molar-refractivity contribution in [2.24, 2.45) is 10.1 Å². The Labute approximate surface area is 199 Å². The van der Waals surface area contributed by atoms with Gasteiger partial charge < -0.3 is 13.9 Å². The van der Waals surface area contributed by atoms with Crippen LogP contribution in [-0.4, -0.2) is 22.6 Å². The Morgan fingerprint density at radius 3 is 2.67 bits per heavy atom. The molecule has 9 nitrogen and oxygen atoms in total. The Balaban J connectivity index is 1.64. The average Bonchev–Trinajstić information content (AvgIpc) is 3.54. The van der Waals surface area contributed by atoms with Crippen molar-refractivity contribution in [2.75, 3.05) is 6.79 Å². The van der Waals surface area contributed by atoms with Gasteiger partial charge >= 0.3 is 0 Å². The fourth-order valence-corrected chi connectivity index (χ4v) is 4.21. The number of aromatic nitrogens is 1. The van der Waals surface area contributed by atoms with Crippen LogP contribution in [0.25, 0.3) is 11.5 Å². The second-order valence-corrected chi connectivity index (χ2v) is 8.32. The Morgan fingerprint density at radius 1 is 1.12 bits per heavy atom. The van der Waals surface area contributed by atoms with Gasteiger partial charge in [0.15, 0.2) is 17.3 Å². The van der Waals surface area contributed by atoms with Crippen molar-refractivity contribution in [3.8, 4) is 23.0 Å². The van der Waals surface area contributed by atoms with Crippen molar-refractivity contribution in [3.63, 3.8) is 0 Å². The minimum atomic E-state index is -0.504. The van der Waals surface area contributed by atoms with Gasteiger partial charge in [-0.1, -0.05) is 23.2 Å². The molecule has 1 aliphatic rings. The zero-order valence-electron chi connectivity index (χ0n) is 16.5. The molecule has 0 spiro atoms. The molecular formula is C21H12Cl2N4O5S. The van der Waals surface area contributed by atoms with Crippen LogP contribution in [0.15, 0.2) is 68.6 Å². The van der Waals surface area contributed by atoms with Crippen molar-refractivity contribution in [2.45, 2.75) is 0 Å². The van der Waals surface area contributed by atoms with Crippen LogP contribution in [0.4, 0.5) is 11.4 Å². The Bertz CT molecular complexity index is 1460. The molecular weight excluding hydrogens is 491 g/mol. The van der Waals surface area contributed by atoms with Crippen molar-refractivity contribution in [1.82, 2.24) is 4.68 Å². The number of thiazole rings is 1. The highest BCUT2D eigenvalue weighted by Crippen LogP contribution is 2.37. The van der Waals surface area contributed by atoms with E-state index in [1.54, 1.807) is 36.6 Å². The maximum atomic E-state index is 11.6. The largest absolute Gasteiger partial charge is 0.463 e. The average molecular weight is 503 g/mol. The van der Waals surface area contributed by atoms with E-state index >= 15 is 0 Å². The molecule has 0 unspecified atom stereocenters. The lowest BCUT2D eigenvalue weighted by atomic mass is 10.1. The van der Waals surface area contributed by atoms with Crippen LogP contribution in [0.5, 0.6) is 11.5 Å². The van der Waals surface area contributed by atoms with Crippen molar-refractivity contribution < 1.29 is 18.8 Å². The second kappa shape index (κ2) is 8.74. The lowest BCUT2D eigenvalue weighted by Gasteiger charge is -2.03. The first-order chi connectivity index (χ1) is 16.0. The Kier molecular flexibility index (Phi) is 5.63. The van der Waals surface area contributed by atoms with Crippen LogP contribution in [-0.2, 0) is 0 Å². The van der Waals surface area contributed by atoms with Gasteiger partial charge in [0.05, 0.1) is 44.8 Å². The van der Waals surface area contributed by atoms with Gasteiger partial charge in [-0.15, -0.1) is 11.3 Å². The van der Waals surface area contributed by atoms with Gasteiger partial charge in [0, 0.05) is 5.38 Å². The van der Waals surface area contributed by atoms with Gasteiger partial charge in [-0.05, 0) is 36.4 Å². The molecule has 1 aliphatic heterocycles. The van der Waals surface area contributed by atoms with Crippen LogP contribution in [0, 0.1) is 10.1 Å². The molecule has 2 aromatic heterocycles. The maximum absolute atomic E-state index is 11.6. The molecule has 12 heteroatoms. The first-order valence-corrected chi connectivity index (χ1v) is 11.0. The highest BCUT2D eigenvalue weighted by atomic mass is 35.5. The van der Waals surface area contributed by atoms with Crippen LogP contribution >= 0.6 is 34.5 Å². The van der Waals surface area contributed by atoms with Crippen LogP contribution < -0.4 is 14.3 Å². The number of hydrogen-bond donors (Lipinski definition) is 0. The second-order valence-electron chi connectivity index (χ2n) is 6.67. The van der Waals surface area contributed by atoms with Crippen LogP contribution in [0.3, 0.4) is 0 Å². The van der Waals surface area contributed by atoms with Crippen molar-refractivity contribution >= 4 is 52.1 Å². The van der Waals surface area contributed by atoms with Gasteiger partial charge in [0.25, 0.3) is 5.69 Å². The number of fused-ring (bicyclic) bond motifs is 1. The molecule has 33 heavy (non-hydrogen) atoms. The molecule has 0 bridgehead atoms. The van der Waals surface area contributed by atoms with E-state index in [1.165, 1.54) is 34.4 Å². The number of furan rings is 1. The summed E-state index contributed by atoms with van der Waals surface area (Å²) < 4.78 is 17.6. The molecule has 0 N–H and O–H groups in total. The summed E-state index contributed by atoms with van der Waals surface area (Å²) in [6.07, 6.45) is 2.91. The topological polar surface area (TPSA) is 104 Å². The number of ether oxygens (including phenoxy) is 2. The molecule has 0 saturated carbocycles. The van der Waals surface area contributed by atoms with Crippen molar-refractivity contribution in [3.05, 3.63) is 84.6 Å². The third-order valence-corrected chi connectivity index (χ3v) is 6.17. The number of rotatable bonds is 5. The van der Waals surface area contributed by atoms with Gasteiger partial charge in [-0.2, -0.15) is 5.10 Å². The minimum absolute atomic E-state index is 0.00167. The first-order valence-electron chi connectivity index (χ1n) is 9.36. The van der Waals surface area contributed by atoms with E-state index in [0.717, 1.165) is 0 Å². The number of benzene rings is 2. The SMILES string of the molecule is O=[N+]([O-])c1cc2c(cc1C=Nn1c(-c3ccco3)csc1=Nc1ccc(Cl)c(Cl)c1)OCO2. The normalized spacial score (nSPS) is 13.2. The lowest BCUT2D eigenvalue weighted by molar-refractivity contribution is -0.385. The maximum Gasteiger partial charge on any atom is 0.282 e. The number of nitro benzene ring substituents is 1. The van der Waals surface area contributed by atoms with E-state index < -0.39 is 4.92 Å². The summed E-state index contributed by atoms with van der Waals surface area (Å²) in [7, 11) is 0. The molecule has 0 radical (unpaired) electrons. The summed E-state index contributed by atoms with van der Waals surface area (Å²) in [6, 6.07) is 11.4.